The van der Waals surface area contributed by atoms with Crippen molar-refractivity contribution in [1.29, 1.82) is 0 Å². The number of aromatic hydroxyl groups is 1. The fourth-order valence-electron chi connectivity index (χ4n) is 2.22. The van der Waals surface area contributed by atoms with Crippen molar-refractivity contribution in [2.45, 2.75) is 19.8 Å². The molecule has 0 aliphatic carbocycles. The molecule has 3 N–H and O–H groups in total. The van der Waals surface area contributed by atoms with Crippen LogP contribution >= 0.6 is 11.3 Å². The van der Waals surface area contributed by atoms with Crippen molar-refractivity contribution in [3.8, 4) is 16.3 Å². The third-order valence-corrected chi connectivity index (χ3v) is 4.33. The smallest absolute Gasteiger partial charge is 0.138 e. The van der Waals surface area contributed by atoms with Crippen molar-refractivity contribution in [2.75, 3.05) is 5.73 Å². The number of hydrogen-bond donors (Lipinski definition) is 2. The van der Waals surface area contributed by atoms with E-state index in [1.807, 2.05) is 6.07 Å². The largest absolute Gasteiger partial charge is 0.506 e. The van der Waals surface area contributed by atoms with Crippen molar-refractivity contribution in [2.24, 2.45) is 0 Å². The lowest BCUT2D eigenvalue weighted by Crippen LogP contribution is -1.86. The second-order valence-electron chi connectivity index (χ2n) is 4.84. The minimum Gasteiger partial charge on any atom is -0.506 e. The topological polar surface area (TPSA) is 59.1 Å². The van der Waals surface area contributed by atoms with Gasteiger partial charge < -0.3 is 10.8 Å². The number of aromatic nitrogens is 1. The van der Waals surface area contributed by atoms with Gasteiger partial charge in [0.15, 0.2) is 0 Å². The van der Waals surface area contributed by atoms with Crippen LogP contribution in [0.15, 0.2) is 36.4 Å². The molecular formula is C16H16N2OS. The number of phenolic OH excluding ortho intramolecular Hbond substituents is 1. The third-order valence-electron chi connectivity index (χ3n) is 3.27. The Morgan fingerprint density at radius 2 is 2.05 bits per heavy atom. The van der Waals surface area contributed by atoms with Gasteiger partial charge in [0.1, 0.15) is 10.8 Å². The van der Waals surface area contributed by atoms with Crippen molar-refractivity contribution in [1.82, 2.24) is 4.98 Å². The Morgan fingerprint density at radius 1 is 1.20 bits per heavy atom. The van der Waals surface area contributed by atoms with E-state index in [0.29, 0.717) is 5.69 Å². The van der Waals surface area contributed by atoms with Crippen LogP contribution in [-0.4, -0.2) is 10.1 Å². The number of nitrogen functional groups attached to an aromatic ring is 1. The number of hydrogen-bond acceptors (Lipinski definition) is 4. The molecular weight excluding hydrogens is 268 g/mol. The number of benzene rings is 2. The zero-order valence-electron chi connectivity index (χ0n) is 11.3. The predicted molar refractivity (Wildman–Crippen MR) is 85.1 cm³/mol. The molecule has 4 heteroatoms. The molecule has 3 rings (SSSR count). The molecule has 0 saturated heterocycles. The molecule has 0 unspecified atom stereocenters. The van der Waals surface area contributed by atoms with Gasteiger partial charge in [0, 0.05) is 5.56 Å². The quantitative estimate of drug-likeness (QED) is 0.559. The monoisotopic (exact) mass is 284 g/mol. The highest BCUT2D eigenvalue weighted by Gasteiger charge is 2.08. The van der Waals surface area contributed by atoms with E-state index in [-0.39, 0.29) is 5.75 Å². The molecule has 0 spiro atoms. The zero-order valence-corrected chi connectivity index (χ0v) is 12.1. The average Bonchev–Trinajstić information content (AvgIpc) is 2.85. The maximum Gasteiger partial charge on any atom is 0.138 e. The molecule has 0 fully saturated rings. The molecule has 0 radical (unpaired) electrons. The van der Waals surface area contributed by atoms with Gasteiger partial charge in [-0.25, -0.2) is 4.98 Å². The van der Waals surface area contributed by atoms with E-state index in [4.69, 9.17) is 5.73 Å². The van der Waals surface area contributed by atoms with Gasteiger partial charge in [0.05, 0.1) is 15.9 Å². The Labute approximate surface area is 121 Å². The van der Waals surface area contributed by atoms with E-state index >= 15 is 0 Å². The van der Waals surface area contributed by atoms with Crippen molar-refractivity contribution < 1.29 is 5.11 Å². The van der Waals surface area contributed by atoms with Crippen LogP contribution in [-0.2, 0) is 6.42 Å². The number of anilines is 1. The number of nitrogens with two attached hydrogens (primary N) is 1. The molecule has 2 aromatic carbocycles. The summed E-state index contributed by atoms with van der Waals surface area (Å²) in [6.45, 7) is 2.18. The molecule has 3 aromatic rings. The standard InChI is InChI=1S/C16H16N2OS/c1-2-3-10-4-6-13-15(8-10)20-16(18-13)11-5-7-14(19)12(17)9-11/h4-9,19H,2-3,17H2,1H3. The Balaban J connectivity index is 2.05. The average molecular weight is 284 g/mol. The normalized spacial score (nSPS) is 11.1. The van der Waals surface area contributed by atoms with Crippen molar-refractivity contribution >= 4 is 27.2 Å². The first-order valence-corrected chi connectivity index (χ1v) is 7.47. The van der Waals surface area contributed by atoms with Gasteiger partial charge in [-0.3, -0.25) is 0 Å². The second kappa shape index (κ2) is 5.13. The second-order valence-corrected chi connectivity index (χ2v) is 5.88. The summed E-state index contributed by atoms with van der Waals surface area (Å²) < 4.78 is 1.19. The lowest BCUT2D eigenvalue weighted by molar-refractivity contribution is 0.478. The summed E-state index contributed by atoms with van der Waals surface area (Å²) in [6, 6.07) is 11.6. The molecule has 1 aromatic heterocycles. The van der Waals surface area contributed by atoms with Crippen molar-refractivity contribution in [3.05, 3.63) is 42.0 Å². The fourth-order valence-corrected chi connectivity index (χ4v) is 3.25. The van der Waals surface area contributed by atoms with Gasteiger partial charge in [-0.05, 0) is 42.3 Å². The van der Waals surface area contributed by atoms with Crippen LogP contribution in [0.4, 0.5) is 5.69 Å². The van der Waals surface area contributed by atoms with Crippen LogP contribution in [0.1, 0.15) is 18.9 Å². The Morgan fingerprint density at radius 3 is 2.80 bits per heavy atom. The van der Waals surface area contributed by atoms with Gasteiger partial charge in [0.2, 0.25) is 0 Å². The third kappa shape index (κ3) is 2.34. The molecule has 3 nitrogen and oxygen atoms in total. The van der Waals surface area contributed by atoms with Crippen molar-refractivity contribution in [3.63, 3.8) is 0 Å². The first-order chi connectivity index (χ1) is 9.67. The molecule has 0 bridgehead atoms. The predicted octanol–water partition coefficient (Wildman–Crippen LogP) is 4.20. The minimum atomic E-state index is 0.111. The van der Waals surface area contributed by atoms with Gasteiger partial charge in [0.25, 0.3) is 0 Å². The van der Waals surface area contributed by atoms with Crippen LogP contribution < -0.4 is 5.73 Å². The van der Waals surface area contributed by atoms with E-state index < -0.39 is 0 Å². The number of aryl methyl sites for hydroxylation is 1. The number of rotatable bonds is 3. The zero-order chi connectivity index (χ0) is 14.1. The van der Waals surface area contributed by atoms with Crippen LogP contribution in [0.3, 0.4) is 0 Å². The van der Waals surface area contributed by atoms with Crippen LogP contribution in [0.25, 0.3) is 20.8 Å². The van der Waals surface area contributed by atoms with Gasteiger partial charge in [-0.2, -0.15) is 0 Å². The molecule has 0 amide bonds. The first-order valence-electron chi connectivity index (χ1n) is 6.65. The summed E-state index contributed by atoms with van der Waals surface area (Å²) in [6.07, 6.45) is 2.24. The summed E-state index contributed by atoms with van der Waals surface area (Å²) in [7, 11) is 0. The number of fused-ring (bicyclic) bond motifs is 1. The maximum absolute atomic E-state index is 9.48. The lowest BCUT2D eigenvalue weighted by Gasteiger charge is -2.00. The highest BCUT2D eigenvalue weighted by molar-refractivity contribution is 7.21. The molecule has 0 aliphatic rings. The van der Waals surface area contributed by atoms with E-state index in [1.165, 1.54) is 10.3 Å². The molecule has 0 atom stereocenters. The Bertz CT molecular complexity index is 764. The van der Waals surface area contributed by atoms with Crippen LogP contribution in [0.2, 0.25) is 0 Å². The number of nitrogens with zero attached hydrogens (tertiary/aromatic N) is 1. The molecule has 0 saturated carbocycles. The summed E-state index contributed by atoms with van der Waals surface area (Å²) in [5, 5.41) is 10.4. The molecule has 20 heavy (non-hydrogen) atoms. The summed E-state index contributed by atoms with van der Waals surface area (Å²) in [4.78, 5) is 4.64. The summed E-state index contributed by atoms with van der Waals surface area (Å²) in [5.41, 5.74) is 9.43. The van der Waals surface area contributed by atoms with Gasteiger partial charge in [-0.15, -0.1) is 11.3 Å². The van der Waals surface area contributed by atoms with Gasteiger partial charge >= 0.3 is 0 Å². The minimum absolute atomic E-state index is 0.111. The maximum atomic E-state index is 9.48. The SMILES string of the molecule is CCCc1ccc2nc(-c3ccc(O)c(N)c3)sc2c1. The first kappa shape index (κ1) is 12.9. The Kier molecular flexibility index (Phi) is 3.32. The lowest BCUT2D eigenvalue weighted by atomic mass is 10.1. The van der Waals surface area contributed by atoms with E-state index in [0.717, 1.165) is 28.9 Å². The molecule has 102 valence electrons. The van der Waals surface area contributed by atoms with E-state index in [9.17, 15) is 5.11 Å². The summed E-state index contributed by atoms with van der Waals surface area (Å²) in [5.74, 6) is 0.111. The van der Waals surface area contributed by atoms with Crippen LogP contribution in [0, 0.1) is 0 Å². The number of thiazole rings is 1. The number of phenols is 1. The molecule has 1 heterocycles. The summed E-state index contributed by atoms with van der Waals surface area (Å²) >= 11 is 1.66. The van der Waals surface area contributed by atoms with E-state index in [1.54, 1.807) is 23.5 Å². The fraction of sp³-hybridized carbons (Fsp3) is 0.188. The van der Waals surface area contributed by atoms with E-state index in [2.05, 4.69) is 30.1 Å². The Hall–Kier alpha value is -2.07. The van der Waals surface area contributed by atoms with Gasteiger partial charge in [-0.1, -0.05) is 19.4 Å². The molecule has 0 aliphatic heterocycles. The highest BCUT2D eigenvalue weighted by Crippen LogP contribution is 2.33. The van der Waals surface area contributed by atoms with Crippen LogP contribution in [0.5, 0.6) is 5.75 Å². The highest BCUT2D eigenvalue weighted by atomic mass is 32.1.